The van der Waals surface area contributed by atoms with Gasteiger partial charge in [-0.2, -0.15) is 4.80 Å². The predicted octanol–water partition coefficient (Wildman–Crippen LogP) is -1.57. The third kappa shape index (κ3) is 1.60. The first-order valence-corrected chi connectivity index (χ1v) is 3.62. The predicted molar refractivity (Wildman–Crippen MR) is 42.3 cm³/mol. The quantitative estimate of drug-likeness (QED) is 0.599. The van der Waals surface area contributed by atoms with Gasteiger partial charge in [0.1, 0.15) is 6.54 Å². The second kappa shape index (κ2) is 2.81. The second-order valence-corrected chi connectivity index (χ2v) is 2.54. The van der Waals surface area contributed by atoms with Gasteiger partial charge >= 0.3 is 0 Å². The topological polar surface area (TPSA) is 100 Å². The Morgan fingerprint density at radius 1 is 1.38 bits per heavy atom. The molecule has 0 unspecified atom stereocenters. The molecule has 0 aromatic carbocycles. The van der Waals surface area contributed by atoms with E-state index in [4.69, 9.17) is 5.73 Å². The van der Waals surface area contributed by atoms with Crippen LogP contribution in [0.15, 0.2) is 6.20 Å². The average Bonchev–Trinajstić information content (AvgIpc) is 2.62. The standard InChI is InChI=1S/C5H8N8/c1-12-9-5(8-10-12)3-13-2-4(6)7-11-13/h2H,3,6H2,1H3. The molecule has 0 fully saturated rings. The molecule has 8 heteroatoms. The van der Waals surface area contributed by atoms with Crippen LogP contribution >= 0.6 is 0 Å². The maximum absolute atomic E-state index is 5.38. The van der Waals surface area contributed by atoms with Crippen molar-refractivity contribution in [2.24, 2.45) is 7.05 Å². The van der Waals surface area contributed by atoms with E-state index in [0.29, 0.717) is 18.2 Å². The Balaban J connectivity index is 2.14. The van der Waals surface area contributed by atoms with Crippen LogP contribution in [0.5, 0.6) is 0 Å². The summed E-state index contributed by atoms with van der Waals surface area (Å²) in [5.74, 6) is 0.955. The average molecular weight is 180 g/mol. The Hall–Kier alpha value is -1.99. The molecule has 8 nitrogen and oxygen atoms in total. The van der Waals surface area contributed by atoms with Crippen molar-refractivity contribution in [2.75, 3.05) is 5.73 Å². The minimum Gasteiger partial charge on any atom is -0.381 e. The lowest BCUT2D eigenvalue weighted by Crippen LogP contribution is -2.03. The van der Waals surface area contributed by atoms with Crippen LogP contribution in [0.1, 0.15) is 5.82 Å². The van der Waals surface area contributed by atoms with E-state index in [0.717, 1.165) is 0 Å². The normalized spacial score (nSPS) is 10.5. The molecule has 0 radical (unpaired) electrons. The maximum Gasteiger partial charge on any atom is 0.196 e. The number of tetrazole rings is 1. The van der Waals surface area contributed by atoms with Crippen molar-refractivity contribution in [3.63, 3.8) is 0 Å². The molecule has 2 N–H and O–H groups in total. The Bertz CT molecular complexity index is 362. The van der Waals surface area contributed by atoms with Crippen LogP contribution in [-0.4, -0.2) is 35.2 Å². The molecule has 0 bridgehead atoms. The Morgan fingerprint density at radius 3 is 2.77 bits per heavy atom. The fourth-order valence-corrected chi connectivity index (χ4v) is 0.922. The molecule has 0 spiro atoms. The smallest absolute Gasteiger partial charge is 0.196 e. The molecule has 2 aromatic rings. The molecule has 0 saturated heterocycles. The van der Waals surface area contributed by atoms with E-state index < -0.39 is 0 Å². The number of nitrogens with two attached hydrogens (primary N) is 1. The van der Waals surface area contributed by atoms with Gasteiger partial charge in [0, 0.05) is 0 Å². The number of nitrogens with zero attached hydrogens (tertiary/aromatic N) is 7. The minimum absolute atomic E-state index is 0.379. The second-order valence-electron chi connectivity index (χ2n) is 2.54. The van der Waals surface area contributed by atoms with E-state index >= 15 is 0 Å². The third-order valence-corrected chi connectivity index (χ3v) is 1.41. The maximum atomic E-state index is 5.38. The van der Waals surface area contributed by atoms with Crippen molar-refractivity contribution in [1.82, 2.24) is 35.2 Å². The Morgan fingerprint density at radius 2 is 2.23 bits per heavy atom. The monoisotopic (exact) mass is 180 g/mol. The zero-order valence-electron chi connectivity index (χ0n) is 6.99. The van der Waals surface area contributed by atoms with E-state index in [1.165, 1.54) is 4.80 Å². The molecule has 68 valence electrons. The zero-order valence-corrected chi connectivity index (χ0v) is 6.99. The summed E-state index contributed by atoms with van der Waals surface area (Å²) in [6, 6.07) is 0. The lowest BCUT2D eigenvalue weighted by Gasteiger charge is -1.91. The molecule has 2 heterocycles. The first-order chi connectivity index (χ1) is 6.24. The summed E-state index contributed by atoms with van der Waals surface area (Å²) in [4.78, 5) is 1.38. The van der Waals surface area contributed by atoms with Crippen LogP contribution < -0.4 is 5.73 Å². The highest BCUT2D eigenvalue weighted by atomic mass is 15.6. The molecular formula is C5H8N8. The number of aryl methyl sites for hydroxylation is 1. The van der Waals surface area contributed by atoms with Gasteiger partial charge in [-0.1, -0.05) is 5.21 Å². The number of hydrogen-bond donors (Lipinski definition) is 1. The SMILES string of the molecule is Cn1nnc(Cn2cc(N)nn2)n1. The molecule has 0 aliphatic heterocycles. The summed E-state index contributed by atoms with van der Waals surface area (Å²) in [6.45, 7) is 0.429. The van der Waals surface area contributed by atoms with Crippen molar-refractivity contribution in [3.8, 4) is 0 Å². The minimum atomic E-state index is 0.379. The van der Waals surface area contributed by atoms with Crippen molar-refractivity contribution >= 4 is 5.82 Å². The summed E-state index contributed by atoms with van der Waals surface area (Å²) in [5.41, 5.74) is 5.38. The number of anilines is 1. The molecule has 0 atom stereocenters. The van der Waals surface area contributed by atoms with Crippen LogP contribution in [0.3, 0.4) is 0 Å². The fourth-order valence-electron chi connectivity index (χ4n) is 0.922. The highest BCUT2D eigenvalue weighted by Crippen LogP contribution is 1.95. The largest absolute Gasteiger partial charge is 0.381 e. The molecule has 0 aliphatic carbocycles. The van der Waals surface area contributed by atoms with Crippen LogP contribution in [0, 0.1) is 0 Å². The molecule has 0 aliphatic rings. The number of rotatable bonds is 2. The van der Waals surface area contributed by atoms with E-state index in [9.17, 15) is 0 Å². The molecule has 0 saturated carbocycles. The highest BCUT2D eigenvalue weighted by molar-refractivity contribution is 5.19. The van der Waals surface area contributed by atoms with Crippen LogP contribution in [-0.2, 0) is 13.6 Å². The summed E-state index contributed by atoms with van der Waals surface area (Å²) in [6.07, 6.45) is 1.61. The van der Waals surface area contributed by atoms with Crippen molar-refractivity contribution in [1.29, 1.82) is 0 Å². The van der Waals surface area contributed by atoms with Gasteiger partial charge in [0.25, 0.3) is 0 Å². The zero-order chi connectivity index (χ0) is 9.26. The van der Waals surface area contributed by atoms with Gasteiger partial charge in [0.05, 0.1) is 13.2 Å². The van der Waals surface area contributed by atoms with Gasteiger partial charge in [-0.3, -0.25) is 0 Å². The van der Waals surface area contributed by atoms with Gasteiger partial charge in [-0.05, 0) is 5.21 Å². The number of aromatic nitrogens is 7. The Kier molecular flexibility index (Phi) is 1.65. The fraction of sp³-hybridized carbons (Fsp3) is 0.400. The van der Waals surface area contributed by atoms with Gasteiger partial charge in [0.2, 0.25) is 0 Å². The lowest BCUT2D eigenvalue weighted by molar-refractivity contribution is 0.607. The lowest BCUT2D eigenvalue weighted by atomic mass is 10.6. The van der Waals surface area contributed by atoms with E-state index in [1.54, 1.807) is 17.9 Å². The van der Waals surface area contributed by atoms with Gasteiger partial charge in [-0.25, -0.2) is 4.68 Å². The van der Waals surface area contributed by atoms with Gasteiger partial charge in [0.15, 0.2) is 11.6 Å². The summed E-state index contributed by atoms with van der Waals surface area (Å²) < 4.78 is 1.55. The highest BCUT2D eigenvalue weighted by Gasteiger charge is 2.02. The molecule has 0 amide bonds. The molecule has 2 rings (SSSR count). The van der Waals surface area contributed by atoms with Gasteiger partial charge in [-0.15, -0.1) is 15.3 Å². The van der Waals surface area contributed by atoms with Crippen LogP contribution in [0.2, 0.25) is 0 Å². The summed E-state index contributed by atoms with van der Waals surface area (Å²) in [5, 5.41) is 18.8. The first kappa shape index (κ1) is 7.65. The van der Waals surface area contributed by atoms with Crippen molar-refractivity contribution in [2.45, 2.75) is 6.54 Å². The van der Waals surface area contributed by atoms with Crippen molar-refractivity contribution < 1.29 is 0 Å². The van der Waals surface area contributed by atoms with Crippen LogP contribution in [0.25, 0.3) is 0 Å². The summed E-state index contributed by atoms with van der Waals surface area (Å²) in [7, 11) is 1.70. The number of nitrogen functional groups attached to an aromatic ring is 1. The third-order valence-electron chi connectivity index (χ3n) is 1.41. The molecular weight excluding hydrogens is 172 g/mol. The Labute approximate surface area is 73.3 Å². The number of hydrogen-bond acceptors (Lipinski definition) is 6. The van der Waals surface area contributed by atoms with Crippen LogP contribution in [0.4, 0.5) is 5.82 Å². The van der Waals surface area contributed by atoms with E-state index in [1.807, 2.05) is 0 Å². The van der Waals surface area contributed by atoms with Gasteiger partial charge < -0.3 is 5.73 Å². The molecule has 2 aromatic heterocycles. The van der Waals surface area contributed by atoms with E-state index in [-0.39, 0.29) is 0 Å². The summed E-state index contributed by atoms with van der Waals surface area (Å²) >= 11 is 0. The first-order valence-electron chi connectivity index (χ1n) is 3.62. The van der Waals surface area contributed by atoms with E-state index in [2.05, 4.69) is 25.7 Å². The molecule has 13 heavy (non-hydrogen) atoms. The van der Waals surface area contributed by atoms with Crippen molar-refractivity contribution in [3.05, 3.63) is 12.0 Å².